The van der Waals surface area contributed by atoms with Gasteiger partial charge in [-0.15, -0.1) is 0 Å². The van der Waals surface area contributed by atoms with Crippen LogP contribution in [-0.2, 0) is 9.53 Å². The Kier molecular flexibility index (Phi) is 8.43. The van der Waals surface area contributed by atoms with Crippen molar-refractivity contribution >= 4 is 5.91 Å². The van der Waals surface area contributed by atoms with Crippen molar-refractivity contribution < 1.29 is 18.7 Å². The molecule has 0 saturated carbocycles. The van der Waals surface area contributed by atoms with E-state index in [0.29, 0.717) is 24.8 Å². The van der Waals surface area contributed by atoms with Gasteiger partial charge in [-0.2, -0.15) is 0 Å². The van der Waals surface area contributed by atoms with Crippen LogP contribution in [0.5, 0.6) is 5.75 Å². The molecule has 1 N–H and O–H groups in total. The maximum Gasteiger partial charge on any atom is 0.223 e. The number of carbonyl (C=O) groups is 1. The van der Waals surface area contributed by atoms with Crippen molar-refractivity contribution in [1.82, 2.24) is 5.32 Å². The quantitative estimate of drug-likeness (QED) is 0.676. The van der Waals surface area contributed by atoms with E-state index in [1.165, 1.54) is 12.1 Å². The summed E-state index contributed by atoms with van der Waals surface area (Å²) in [5.41, 5.74) is 0. The fraction of sp³-hybridized carbons (Fsp3) is 0.562. The van der Waals surface area contributed by atoms with E-state index in [0.717, 1.165) is 13.0 Å². The van der Waals surface area contributed by atoms with Crippen LogP contribution in [0.15, 0.2) is 24.3 Å². The molecule has 0 aromatic heterocycles. The Morgan fingerprint density at radius 2 is 1.95 bits per heavy atom. The molecule has 0 spiro atoms. The molecule has 4 nitrogen and oxygen atoms in total. The van der Waals surface area contributed by atoms with Crippen molar-refractivity contribution in [2.75, 3.05) is 26.4 Å². The number of nitrogens with one attached hydrogen (secondary N) is 1. The van der Waals surface area contributed by atoms with Crippen LogP contribution in [0, 0.1) is 11.7 Å². The lowest BCUT2D eigenvalue weighted by Crippen LogP contribution is -2.26. The van der Waals surface area contributed by atoms with Crippen LogP contribution in [0.25, 0.3) is 0 Å². The summed E-state index contributed by atoms with van der Waals surface area (Å²) in [6.07, 6.45) is 1.08. The first-order valence-corrected chi connectivity index (χ1v) is 7.30. The minimum Gasteiger partial charge on any atom is -0.493 e. The zero-order valence-corrected chi connectivity index (χ0v) is 12.7. The molecule has 5 heteroatoms. The van der Waals surface area contributed by atoms with E-state index in [1.54, 1.807) is 12.1 Å². The predicted molar refractivity (Wildman–Crippen MR) is 79.8 cm³/mol. The highest BCUT2D eigenvalue weighted by Gasteiger charge is 2.02. The predicted octanol–water partition coefficient (Wildman–Crippen LogP) is 2.77. The number of hydrogen-bond acceptors (Lipinski definition) is 3. The molecule has 0 aliphatic heterocycles. The third kappa shape index (κ3) is 9.02. The Bertz CT molecular complexity index is 406. The fourth-order valence-corrected chi connectivity index (χ4v) is 1.60. The third-order valence-corrected chi connectivity index (χ3v) is 2.65. The van der Waals surface area contributed by atoms with E-state index in [9.17, 15) is 9.18 Å². The summed E-state index contributed by atoms with van der Waals surface area (Å²) in [5, 5.41) is 2.81. The molecule has 1 amide bonds. The summed E-state index contributed by atoms with van der Waals surface area (Å²) in [4.78, 5) is 11.5. The van der Waals surface area contributed by atoms with Crippen molar-refractivity contribution in [3.63, 3.8) is 0 Å². The van der Waals surface area contributed by atoms with Crippen LogP contribution >= 0.6 is 0 Å². The molecule has 0 unspecified atom stereocenters. The van der Waals surface area contributed by atoms with E-state index in [-0.39, 0.29) is 24.8 Å². The Balaban J connectivity index is 2.00. The fourth-order valence-electron chi connectivity index (χ4n) is 1.60. The van der Waals surface area contributed by atoms with Crippen LogP contribution < -0.4 is 10.1 Å². The summed E-state index contributed by atoms with van der Waals surface area (Å²) in [6, 6.07) is 5.73. The molecule has 0 atom stereocenters. The van der Waals surface area contributed by atoms with Gasteiger partial charge in [0.25, 0.3) is 0 Å². The third-order valence-electron chi connectivity index (χ3n) is 2.65. The second kappa shape index (κ2) is 10.2. The summed E-state index contributed by atoms with van der Waals surface area (Å²) in [6.45, 7) is 6.49. The largest absolute Gasteiger partial charge is 0.493 e. The summed E-state index contributed by atoms with van der Waals surface area (Å²) in [5.74, 6) is 0.732. The highest BCUT2D eigenvalue weighted by molar-refractivity contribution is 5.75. The minimum absolute atomic E-state index is 0.0547. The van der Waals surface area contributed by atoms with Gasteiger partial charge in [0.1, 0.15) is 11.6 Å². The molecule has 0 fully saturated rings. The number of rotatable bonds is 10. The van der Waals surface area contributed by atoms with Crippen LogP contribution in [-0.4, -0.2) is 32.3 Å². The van der Waals surface area contributed by atoms with Crippen molar-refractivity contribution in [2.45, 2.75) is 26.7 Å². The van der Waals surface area contributed by atoms with E-state index in [1.807, 2.05) is 0 Å². The topological polar surface area (TPSA) is 47.6 Å². The number of amides is 1. The Hall–Kier alpha value is -1.62. The zero-order valence-electron chi connectivity index (χ0n) is 12.7. The van der Waals surface area contributed by atoms with Gasteiger partial charge in [0, 0.05) is 19.8 Å². The zero-order chi connectivity index (χ0) is 15.5. The summed E-state index contributed by atoms with van der Waals surface area (Å²) >= 11 is 0. The van der Waals surface area contributed by atoms with E-state index < -0.39 is 0 Å². The van der Waals surface area contributed by atoms with Crippen molar-refractivity contribution in [3.05, 3.63) is 30.1 Å². The first-order chi connectivity index (χ1) is 10.1. The Morgan fingerprint density at radius 1 is 1.24 bits per heavy atom. The molecule has 0 bridgehead atoms. The number of carbonyl (C=O) groups excluding carboxylic acids is 1. The van der Waals surface area contributed by atoms with Crippen LogP contribution in [0.4, 0.5) is 4.39 Å². The van der Waals surface area contributed by atoms with Crippen molar-refractivity contribution in [3.8, 4) is 5.75 Å². The molecule has 1 rings (SSSR count). The smallest absolute Gasteiger partial charge is 0.223 e. The lowest BCUT2D eigenvalue weighted by Gasteiger charge is -2.08. The lowest BCUT2D eigenvalue weighted by atomic mass is 10.2. The van der Waals surface area contributed by atoms with Gasteiger partial charge in [-0.1, -0.05) is 13.8 Å². The molecule has 0 aliphatic carbocycles. The SMILES string of the molecule is CC(C)COCCCNC(=O)CCOc1ccc(F)cc1. The standard InChI is InChI=1S/C16H24FNO3/c1-13(2)12-20-10-3-9-18-16(19)8-11-21-15-6-4-14(17)5-7-15/h4-7,13H,3,8-12H2,1-2H3,(H,18,19). The van der Waals surface area contributed by atoms with Crippen LogP contribution in [0.3, 0.4) is 0 Å². The van der Waals surface area contributed by atoms with Gasteiger partial charge < -0.3 is 14.8 Å². The second-order valence-electron chi connectivity index (χ2n) is 5.22. The number of ether oxygens (including phenoxy) is 2. The normalized spacial score (nSPS) is 10.7. The summed E-state index contributed by atoms with van der Waals surface area (Å²) < 4.78 is 23.4. The average molecular weight is 297 g/mol. The van der Waals surface area contributed by atoms with Gasteiger partial charge in [0.15, 0.2) is 0 Å². The lowest BCUT2D eigenvalue weighted by molar-refractivity contribution is -0.121. The van der Waals surface area contributed by atoms with Crippen LogP contribution in [0.2, 0.25) is 0 Å². The van der Waals surface area contributed by atoms with Gasteiger partial charge in [-0.05, 0) is 36.6 Å². The monoisotopic (exact) mass is 297 g/mol. The van der Waals surface area contributed by atoms with E-state index in [2.05, 4.69) is 19.2 Å². The first kappa shape index (κ1) is 17.4. The Morgan fingerprint density at radius 3 is 2.62 bits per heavy atom. The molecular weight excluding hydrogens is 273 g/mol. The molecule has 118 valence electrons. The van der Waals surface area contributed by atoms with Gasteiger partial charge in [-0.25, -0.2) is 4.39 Å². The average Bonchev–Trinajstić information content (AvgIpc) is 2.44. The van der Waals surface area contributed by atoms with Gasteiger partial charge in [-0.3, -0.25) is 4.79 Å². The van der Waals surface area contributed by atoms with Crippen molar-refractivity contribution in [2.24, 2.45) is 5.92 Å². The molecule has 0 radical (unpaired) electrons. The molecule has 1 aromatic rings. The second-order valence-corrected chi connectivity index (χ2v) is 5.22. The number of benzene rings is 1. The maximum atomic E-state index is 12.7. The molecule has 0 saturated heterocycles. The summed E-state index contributed by atoms with van der Waals surface area (Å²) in [7, 11) is 0. The van der Waals surface area contributed by atoms with E-state index in [4.69, 9.17) is 9.47 Å². The van der Waals surface area contributed by atoms with Crippen LogP contribution in [0.1, 0.15) is 26.7 Å². The number of hydrogen-bond donors (Lipinski definition) is 1. The van der Waals surface area contributed by atoms with Gasteiger partial charge in [0.2, 0.25) is 5.91 Å². The van der Waals surface area contributed by atoms with Gasteiger partial charge in [0.05, 0.1) is 13.0 Å². The maximum absolute atomic E-state index is 12.7. The van der Waals surface area contributed by atoms with E-state index >= 15 is 0 Å². The first-order valence-electron chi connectivity index (χ1n) is 7.30. The molecule has 21 heavy (non-hydrogen) atoms. The molecule has 0 heterocycles. The number of halogens is 1. The Labute approximate surface area is 125 Å². The highest BCUT2D eigenvalue weighted by Crippen LogP contribution is 2.10. The molecule has 1 aromatic carbocycles. The minimum atomic E-state index is -0.306. The molecular formula is C16H24FNO3. The van der Waals surface area contributed by atoms with Gasteiger partial charge >= 0.3 is 0 Å². The molecule has 0 aliphatic rings. The highest BCUT2D eigenvalue weighted by atomic mass is 19.1. The van der Waals surface area contributed by atoms with Crippen molar-refractivity contribution in [1.29, 1.82) is 0 Å².